The van der Waals surface area contributed by atoms with E-state index in [1.807, 2.05) is 0 Å². The summed E-state index contributed by atoms with van der Waals surface area (Å²) < 4.78 is 81.8. The highest BCUT2D eigenvalue weighted by Gasteiger charge is 2.41. The van der Waals surface area contributed by atoms with E-state index in [0.29, 0.717) is 18.8 Å². The predicted octanol–water partition coefficient (Wildman–Crippen LogP) is 5.48. The van der Waals surface area contributed by atoms with Gasteiger partial charge < -0.3 is 19.3 Å². The first-order chi connectivity index (χ1) is 19.0. The zero-order chi connectivity index (χ0) is 28.8. The van der Waals surface area contributed by atoms with Crippen molar-refractivity contribution < 1.29 is 41.3 Å². The fourth-order valence-electron chi connectivity index (χ4n) is 4.03. The van der Waals surface area contributed by atoms with Gasteiger partial charge >= 0.3 is 6.36 Å². The average Bonchev–Trinajstić information content (AvgIpc) is 3.40. The molecule has 2 atom stereocenters. The molecule has 0 bridgehead atoms. The number of nitrogens with zero attached hydrogens (tertiary/aromatic N) is 3. The third kappa shape index (κ3) is 8.13. The van der Waals surface area contributed by atoms with E-state index in [1.54, 1.807) is 31.2 Å². The maximum Gasteiger partial charge on any atom is 0.573 e. The Morgan fingerprint density at radius 2 is 1.85 bits per heavy atom. The van der Waals surface area contributed by atoms with E-state index in [4.69, 9.17) is 9.47 Å². The number of aliphatic hydroxyl groups is 1. The van der Waals surface area contributed by atoms with Crippen LogP contribution in [-0.2, 0) is 21.6 Å². The van der Waals surface area contributed by atoms with Crippen LogP contribution in [0.15, 0.2) is 73.3 Å². The van der Waals surface area contributed by atoms with Gasteiger partial charge in [0.15, 0.2) is 6.29 Å². The minimum atomic E-state index is -4.74. The summed E-state index contributed by atoms with van der Waals surface area (Å²) in [6.45, 7) is 2.22. The van der Waals surface area contributed by atoms with E-state index in [0.717, 1.165) is 12.1 Å². The number of hydrogen-bond acceptors (Lipinski definition) is 7. The molecule has 1 aromatic heterocycles. The third-order valence-electron chi connectivity index (χ3n) is 6.01. The summed E-state index contributed by atoms with van der Waals surface area (Å²) in [4.78, 5) is 3.87. The highest BCUT2D eigenvalue weighted by atomic mass is 32.2. The van der Waals surface area contributed by atoms with Crippen molar-refractivity contribution >= 4 is 17.8 Å². The van der Waals surface area contributed by atoms with Gasteiger partial charge in [0.2, 0.25) is 0 Å². The van der Waals surface area contributed by atoms with Gasteiger partial charge in [-0.05, 0) is 29.8 Å². The van der Waals surface area contributed by atoms with Crippen molar-refractivity contribution in [1.29, 1.82) is 0 Å². The van der Waals surface area contributed by atoms with E-state index in [-0.39, 0.29) is 23.1 Å². The molecule has 7 nitrogen and oxygen atoms in total. The molecule has 1 aliphatic heterocycles. The van der Waals surface area contributed by atoms with Crippen LogP contribution in [0.5, 0.6) is 5.75 Å². The molecule has 0 amide bonds. The van der Waals surface area contributed by atoms with Crippen LogP contribution in [0.25, 0.3) is 6.08 Å². The SMILES string of the molecule is C[C@@H](SC1COC(/C=C/C=C/c2ccc(OC(F)(F)F)cc2)OC1)[C@](O)(Cn1cncn1)c1ccc(F)cc1F. The van der Waals surface area contributed by atoms with Crippen LogP contribution in [0, 0.1) is 11.6 Å². The first kappa shape index (κ1) is 29.7. The molecular weight excluding hydrogens is 557 g/mol. The van der Waals surface area contributed by atoms with Crippen molar-refractivity contribution in [3.8, 4) is 5.75 Å². The first-order valence-corrected chi connectivity index (χ1v) is 13.1. The van der Waals surface area contributed by atoms with Gasteiger partial charge in [0.25, 0.3) is 0 Å². The number of hydrogen-bond donors (Lipinski definition) is 1. The standard InChI is InChI=1S/C27H26F5N3O4S/c1-18(26(36,15-35-17-33-16-34-35)23-11-8-20(28)12-24(23)29)40-22-13-37-25(38-14-22)5-3-2-4-19-6-9-21(10-7-19)39-27(30,31)32/h2-12,16-18,22,25,36H,13-15H2,1H3/b4-2+,5-3+/t18-,22?,25?,26-/m1/s1. The van der Waals surface area contributed by atoms with Crippen molar-refractivity contribution in [2.75, 3.05) is 13.2 Å². The highest BCUT2D eigenvalue weighted by Crippen LogP contribution is 2.38. The van der Waals surface area contributed by atoms with Gasteiger partial charge in [-0.1, -0.05) is 43.4 Å². The lowest BCUT2D eigenvalue weighted by Gasteiger charge is -2.37. The molecule has 1 saturated heterocycles. The smallest absolute Gasteiger partial charge is 0.406 e. The molecule has 4 rings (SSSR count). The monoisotopic (exact) mass is 583 g/mol. The van der Waals surface area contributed by atoms with Crippen LogP contribution in [-0.4, -0.2) is 56.2 Å². The summed E-state index contributed by atoms with van der Waals surface area (Å²) in [6, 6.07) is 8.48. The van der Waals surface area contributed by atoms with Crippen LogP contribution in [0.4, 0.5) is 22.0 Å². The summed E-state index contributed by atoms with van der Waals surface area (Å²) in [5.74, 6) is -1.92. The number of ether oxygens (including phenoxy) is 3. The summed E-state index contributed by atoms with van der Waals surface area (Å²) in [5.41, 5.74) is -1.13. The topological polar surface area (TPSA) is 78.6 Å². The Balaban J connectivity index is 1.31. The molecule has 2 aromatic carbocycles. The molecule has 0 unspecified atom stereocenters. The average molecular weight is 584 g/mol. The lowest BCUT2D eigenvalue weighted by molar-refractivity contribution is -0.274. The molecule has 40 heavy (non-hydrogen) atoms. The van der Waals surface area contributed by atoms with Crippen molar-refractivity contribution in [3.63, 3.8) is 0 Å². The highest BCUT2D eigenvalue weighted by molar-refractivity contribution is 8.00. The van der Waals surface area contributed by atoms with Gasteiger partial charge in [0.05, 0.1) is 25.0 Å². The molecule has 13 heteroatoms. The minimum Gasteiger partial charge on any atom is -0.406 e. The van der Waals surface area contributed by atoms with E-state index in [1.165, 1.54) is 59.4 Å². The van der Waals surface area contributed by atoms with Crippen molar-refractivity contribution in [2.45, 2.75) is 42.2 Å². The second-order valence-corrected chi connectivity index (χ2v) is 10.6. The van der Waals surface area contributed by atoms with Gasteiger partial charge in [-0.15, -0.1) is 24.9 Å². The lowest BCUT2D eigenvalue weighted by atomic mass is 9.90. The van der Waals surface area contributed by atoms with E-state index < -0.39 is 35.1 Å². The zero-order valence-electron chi connectivity index (χ0n) is 21.2. The number of halogens is 5. The second kappa shape index (κ2) is 12.9. The number of rotatable bonds is 10. The van der Waals surface area contributed by atoms with Gasteiger partial charge in [-0.3, -0.25) is 0 Å². The molecule has 0 aliphatic carbocycles. The molecule has 214 valence electrons. The van der Waals surface area contributed by atoms with E-state index >= 15 is 0 Å². The lowest BCUT2D eigenvalue weighted by Crippen LogP contribution is -2.43. The first-order valence-electron chi connectivity index (χ1n) is 12.1. The summed E-state index contributed by atoms with van der Waals surface area (Å²) in [6.07, 6.45) is 4.09. The zero-order valence-corrected chi connectivity index (χ0v) is 22.0. The third-order valence-corrected chi connectivity index (χ3v) is 7.47. The van der Waals surface area contributed by atoms with Crippen molar-refractivity contribution in [1.82, 2.24) is 14.8 Å². The Labute approximate surface area is 231 Å². The predicted molar refractivity (Wildman–Crippen MR) is 138 cm³/mol. The van der Waals surface area contributed by atoms with Gasteiger partial charge in [-0.25, -0.2) is 18.4 Å². The number of thioether (sulfide) groups is 1. The number of benzene rings is 2. The normalized spacial score (nSPS) is 20.6. The van der Waals surface area contributed by atoms with Crippen LogP contribution >= 0.6 is 11.8 Å². The van der Waals surface area contributed by atoms with Crippen LogP contribution in [0.2, 0.25) is 0 Å². The molecule has 1 aliphatic rings. The number of allylic oxidation sites excluding steroid dienone is 2. The molecule has 1 N–H and O–H groups in total. The van der Waals surface area contributed by atoms with Crippen molar-refractivity contribution in [3.05, 3.63) is 96.1 Å². The van der Waals surface area contributed by atoms with Crippen LogP contribution in [0.1, 0.15) is 18.1 Å². The molecule has 2 heterocycles. The fourth-order valence-corrected chi connectivity index (χ4v) is 5.35. The summed E-state index contributed by atoms with van der Waals surface area (Å²) in [7, 11) is 0. The maximum atomic E-state index is 14.7. The molecule has 0 saturated carbocycles. The molecular formula is C27H26F5N3O4S. The van der Waals surface area contributed by atoms with Gasteiger partial charge in [0.1, 0.15) is 35.6 Å². The van der Waals surface area contributed by atoms with Crippen LogP contribution in [0.3, 0.4) is 0 Å². The fraction of sp³-hybridized carbons (Fsp3) is 0.333. The Morgan fingerprint density at radius 3 is 2.48 bits per heavy atom. The second-order valence-electron chi connectivity index (χ2n) is 8.94. The molecule has 1 fully saturated rings. The van der Waals surface area contributed by atoms with E-state index in [2.05, 4.69) is 14.8 Å². The Bertz CT molecular complexity index is 1300. The van der Waals surface area contributed by atoms with E-state index in [9.17, 15) is 27.1 Å². The number of alkyl halides is 3. The van der Waals surface area contributed by atoms with Crippen LogP contribution < -0.4 is 4.74 Å². The molecule has 0 spiro atoms. The Morgan fingerprint density at radius 1 is 1.12 bits per heavy atom. The molecule has 0 radical (unpaired) electrons. The number of aromatic nitrogens is 3. The summed E-state index contributed by atoms with van der Waals surface area (Å²) >= 11 is 1.35. The van der Waals surface area contributed by atoms with Gasteiger partial charge in [-0.2, -0.15) is 5.10 Å². The maximum absolute atomic E-state index is 14.7. The van der Waals surface area contributed by atoms with Crippen molar-refractivity contribution in [2.24, 2.45) is 0 Å². The molecule has 3 aromatic rings. The summed E-state index contributed by atoms with van der Waals surface area (Å²) in [5, 5.41) is 14.9. The Hall–Kier alpha value is -3.26. The van der Waals surface area contributed by atoms with Gasteiger partial charge in [0, 0.05) is 16.9 Å². The quantitative estimate of drug-likeness (QED) is 0.250. The Kier molecular flexibility index (Phi) is 9.61. The minimum absolute atomic E-state index is 0.0582. The largest absolute Gasteiger partial charge is 0.573 e.